The molecule has 0 radical (unpaired) electrons. The summed E-state index contributed by atoms with van der Waals surface area (Å²) in [6.45, 7) is 9.95. The number of piperidine rings is 1. The van der Waals surface area contributed by atoms with E-state index < -0.39 is 10.0 Å². The summed E-state index contributed by atoms with van der Waals surface area (Å²) in [5.41, 5.74) is 4.54. The summed E-state index contributed by atoms with van der Waals surface area (Å²) in [5.74, 6) is 0.424. The number of aryl methyl sites for hydroxylation is 2. The molecular formula is C31H39N3O3S. The zero-order valence-corrected chi connectivity index (χ0v) is 23.7. The first kappa shape index (κ1) is 27.7. The molecule has 1 atom stereocenters. The molecule has 3 aromatic carbocycles. The summed E-state index contributed by atoms with van der Waals surface area (Å²) in [5, 5.41) is 3.01. The van der Waals surface area contributed by atoms with Crippen LogP contribution >= 0.6 is 0 Å². The third-order valence-corrected chi connectivity index (χ3v) is 9.23. The second kappa shape index (κ2) is 12.0. The summed E-state index contributed by atoms with van der Waals surface area (Å²) >= 11 is 0. The number of nitrogens with one attached hydrogen (secondary N) is 1. The van der Waals surface area contributed by atoms with Crippen LogP contribution in [0.2, 0.25) is 0 Å². The van der Waals surface area contributed by atoms with Crippen molar-refractivity contribution in [2.45, 2.75) is 57.9 Å². The van der Waals surface area contributed by atoms with Gasteiger partial charge in [-0.05, 0) is 80.5 Å². The number of benzene rings is 3. The van der Waals surface area contributed by atoms with Gasteiger partial charge in [-0.25, -0.2) is 8.42 Å². The molecule has 3 aromatic rings. The number of hydrogen-bond donors (Lipinski definition) is 1. The Morgan fingerprint density at radius 2 is 1.63 bits per heavy atom. The molecule has 1 heterocycles. The molecule has 1 fully saturated rings. The van der Waals surface area contributed by atoms with Gasteiger partial charge < -0.3 is 10.2 Å². The molecule has 0 bridgehead atoms. The number of hydrogen-bond acceptors (Lipinski definition) is 4. The van der Waals surface area contributed by atoms with Crippen molar-refractivity contribution in [1.82, 2.24) is 5.32 Å². The Bertz CT molecular complexity index is 1330. The van der Waals surface area contributed by atoms with Crippen LogP contribution in [-0.2, 0) is 21.2 Å². The average Bonchev–Trinajstić information content (AvgIpc) is 2.92. The number of para-hydroxylation sites is 1. The van der Waals surface area contributed by atoms with E-state index in [1.807, 2.05) is 45.0 Å². The molecule has 1 aliphatic heterocycles. The molecule has 6 nitrogen and oxygen atoms in total. The Labute approximate surface area is 227 Å². The van der Waals surface area contributed by atoms with Crippen LogP contribution in [0.1, 0.15) is 56.3 Å². The monoisotopic (exact) mass is 533 g/mol. The van der Waals surface area contributed by atoms with Gasteiger partial charge in [0.1, 0.15) is 6.54 Å². The van der Waals surface area contributed by atoms with Crippen LogP contribution in [0.3, 0.4) is 0 Å². The zero-order valence-electron chi connectivity index (χ0n) is 22.9. The lowest BCUT2D eigenvalue weighted by Gasteiger charge is -2.32. The van der Waals surface area contributed by atoms with Gasteiger partial charge in [-0.1, -0.05) is 61.9 Å². The van der Waals surface area contributed by atoms with Crippen molar-refractivity contribution in [3.8, 4) is 0 Å². The standard InChI is InChI=1S/C31H39N3O3S/c1-5-26-8-6-7-9-30(26)34(38(36,37)29-16-10-23(2)11-17-29)22-31(35)32-25(4)27-12-14-28(15-13-27)33-20-18-24(3)19-21-33/h6-17,24-25H,5,18-22H2,1-4H3,(H,32,35). The van der Waals surface area contributed by atoms with Gasteiger partial charge in [0.25, 0.3) is 10.0 Å². The van der Waals surface area contributed by atoms with Gasteiger partial charge in [0, 0.05) is 18.8 Å². The number of anilines is 2. The minimum absolute atomic E-state index is 0.164. The molecule has 7 heteroatoms. The molecule has 202 valence electrons. The van der Waals surface area contributed by atoms with Gasteiger partial charge in [0.15, 0.2) is 0 Å². The van der Waals surface area contributed by atoms with Crippen molar-refractivity contribution >= 4 is 27.3 Å². The van der Waals surface area contributed by atoms with Crippen molar-refractivity contribution in [3.63, 3.8) is 0 Å². The maximum atomic E-state index is 13.8. The van der Waals surface area contributed by atoms with Gasteiger partial charge in [0.2, 0.25) is 5.91 Å². The Kier molecular flexibility index (Phi) is 8.77. The van der Waals surface area contributed by atoms with E-state index in [1.165, 1.54) is 22.8 Å². The predicted octanol–water partition coefficient (Wildman–Crippen LogP) is 5.87. The molecular weight excluding hydrogens is 494 g/mol. The van der Waals surface area contributed by atoms with Crippen molar-refractivity contribution < 1.29 is 13.2 Å². The van der Waals surface area contributed by atoms with Crippen LogP contribution in [0.5, 0.6) is 0 Å². The summed E-state index contributed by atoms with van der Waals surface area (Å²) in [4.78, 5) is 15.8. The van der Waals surface area contributed by atoms with Crippen LogP contribution in [0.15, 0.2) is 77.7 Å². The number of nitrogens with zero attached hydrogens (tertiary/aromatic N) is 2. The Morgan fingerprint density at radius 3 is 2.26 bits per heavy atom. The zero-order chi connectivity index (χ0) is 27.3. The topological polar surface area (TPSA) is 69.7 Å². The molecule has 0 aliphatic carbocycles. The number of amides is 1. The minimum Gasteiger partial charge on any atom is -0.372 e. The van der Waals surface area contributed by atoms with Crippen molar-refractivity contribution in [2.24, 2.45) is 5.92 Å². The lowest BCUT2D eigenvalue weighted by molar-refractivity contribution is -0.120. The van der Waals surface area contributed by atoms with Crippen LogP contribution in [0.25, 0.3) is 0 Å². The van der Waals surface area contributed by atoms with Crippen molar-refractivity contribution in [3.05, 3.63) is 89.5 Å². The highest BCUT2D eigenvalue weighted by Gasteiger charge is 2.29. The van der Waals surface area contributed by atoms with Gasteiger partial charge in [-0.2, -0.15) is 0 Å². The minimum atomic E-state index is -3.95. The number of carbonyl (C=O) groups excluding carboxylic acids is 1. The van der Waals surface area contributed by atoms with E-state index in [0.29, 0.717) is 12.1 Å². The van der Waals surface area contributed by atoms with Gasteiger partial charge in [0.05, 0.1) is 16.6 Å². The molecule has 1 unspecified atom stereocenters. The highest BCUT2D eigenvalue weighted by atomic mass is 32.2. The number of rotatable bonds is 9. The Morgan fingerprint density at radius 1 is 1.00 bits per heavy atom. The second-order valence-corrected chi connectivity index (χ2v) is 12.2. The molecule has 1 aliphatic rings. The molecule has 1 N–H and O–H groups in total. The largest absolute Gasteiger partial charge is 0.372 e. The van der Waals surface area contributed by atoms with Crippen LogP contribution in [0, 0.1) is 12.8 Å². The highest BCUT2D eigenvalue weighted by molar-refractivity contribution is 7.92. The van der Waals surface area contributed by atoms with E-state index in [0.717, 1.165) is 35.7 Å². The summed E-state index contributed by atoms with van der Waals surface area (Å²) in [7, 11) is -3.95. The molecule has 0 saturated carbocycles. The fourth-order valence-electron chi connectivity index (χ4n) is 4.93. The fourth-order valence-corrected chi connectivity index (χ4v) is 6.39. The third kappa shape index (κ3) is 6.38. The van der Waals surface area contributed by atoms with Gasteiger partial charge in [-0.3, -0.25) is 9.10 Å². The Balaban J connectivity index is 1.52. The van der Waals surface area contributed by atoms with E-state index in [1.54, 1.807) is 36.4 Å². The number of sulfonamides is 1. The van der Waals surface area contributed by atoms with E-state index in [9.17, 15) is 13.2 Å². The average molecular weight is 534 g/mol. The summed E-state index contributed by atoms with van der Waals surface area (Å²) in [6, 6.07) is 22.1. The smallest absolute Gasteiger partial charge is 0.264 e. The van der Waals surface area contributed by atoms with Crippen molar-refractivity contribution in [2.75, 3.05) is 28.8 Å². The highest BCUT2D eigenvalue weighted by Crippen LogP contribution is 2.28. The lowest BCUT2D eigenvalue weighted by atomic mass is 9.98. The van der Waals surface area contributed by atoms with Gasteiger partial charge >= 0.3 is 0 Å². The fraction of sp³-hybridized carbons (Fsp3) is 0.387. The molecule has 4 rings (SSSR count). The first-order chi connectivity index (χ1) is 18.2. The Hall–Kier alpha value is -3.32. The quantitative estimate of drug-likeness (QED) is 0.374. The van der Waals surface area contributed by atoms with Crippen molar-refractivity contribution in [1.29, 1.82) is 0 Å². The predicted molar refractivity (Wildman–Crippen MR) is 155 cm³/mol. The number of carbonyl (C=O) groups is 1. The van der Waals surface area contributed by atoms with Crippen LogP contribution < -0.4 is 14.5 Å². The molecule has 1 saturated heterocycles. The van der Waals surface area contributed by atoms with E-state index in [2.05, 4.69) is 29.3 Å². The normalized spacial score (nSPS) is 15.2. The first-order valence-corrected chi connectivity index (χ1v) is 14.9. The maximum Gasteiger partial charge on any atom is 0.264 e. The summed E-state index contributed by atoms with van der Waals surface area (Å²) in [6.07, 6.45) is 3.06. The van der Waals surface area contributed by atoms with Crippen LogP contribution in [-0.4, -0.2) is 34.0 Å². The van der Waals surface area contributed by atoms with E-state index >= 15 is 0 Å². The maximum absolute atomic E-state index is 13.8. The second-order valence-electron chi connectivity index (χ2n) is 10.4. The summed E-state index contributed by atoms with van der Waals surface area (Å²) < 4.78 is 28.7. The van der Waals surface area contributed by atoms with Gasteiger partial charge in [-0.15, -0.1) is 0 Å². The molecule has 38 heavy (non-hydrogen) atoms. The lowest BCUT2D eigenvalue weighted by Crippen LogP contribution is -2.42. The molecule has 0 aromatic heterocycles. The van der Waals surface area contributed by atoms with E-state index in [4.69, 9.17) is 0 Å². The van der Waals surface area contributed by atoms with E-state index in [-0.39, 0.29) is 23.4 Å². The third-order valence-electron chi connectivity index (χ3n) is 7.46. The SMILES string of the molecule is CCc1ccccc1N(CC(=O)NC(C)c1ccc(N2CCC(C)CC2)cc1)S(=O)(=O)c1ccc(C)cc1. The molecule has 1 amide bonds. The first-order valence-electron chi connectivity index (χ1n) is 13.5. The molecule has 0 spiro atoms. The van der Waals surface area contributed by atoms with Crippen LogP contribution in [0.4, 0.5) is 11.4 Å².